The summed E-state index contributed by atoms with van der Waals surface area (Å²) < 4.78 is 35.3. The van der Waals surface area contributed by atoms with Crippen molar-refractivity contribution in [1.29, 1.82) is 0 Å². The van der Waals surface area contributed by atoms with Crippen molar-refractivity contribution >= 4 is 11.6 Å². The lowest BCUT2D eigenvalue weighted by Crippen LogP contribution is -2.55. The number of hydrogen-bond acceptors (Lipinski definition) is 9. The molecule has 0 aliphatic carbocycles. The first kappa shape index (κ1) is 31.5. The van der Waals surface area contributed by atoms with Crippen LogP contribution in [0.15, 0.2) is 42.5 Å². The van der Waals surface area contributed by atoms with Crippen LogP contribution in [0.2, 0.25) is 0 Å². The van der Waals surface area contributed by atoms with E-state index >= 15 is 0 Å². The van der Waals surface area contributed by atoms with E-state index in [0.717, 1.165) is 54.4 Å². The van der Waals surface area contributed by atoms with Crippen LogP contribution in [0.25, 0.3) is 0 Å². The lowest BCUT2D eigenvalue weighted by atomic mass is 9.85. The van der Waals surface area contributed by atoms with Crippen LogP contribution in [0.5, 0.6) is 11.5 Å². The topological polar surface area (TPSA) is 91.0 Å². The van der Waals surface area contributed by atoms with Crippen LogP contribution in [0.1, 0.15) is 37.3 Å². The van der Waals surface area contributed by atoms with Crippen molar-refractivity contribution in [1.82, 2.24) is 10.2 Å². The number of nitrogens with one attached hydrogen (secondary N) is 1. The summed E-state index contributed by atoms with van der Waals surface area (Å²) in [6.07, 6.45) is 0.561. The summed E-state index contributed by atoms with van der Waals surface area (Å²) in [5.41, 5.74) is 3.28. The number of anilines is 1. The first-order valence-electron chi connectivity index (χ1n) is 15.4. The fourth-order valence-electron chi connectivity index (χ4n) is 6.43. The Morgan fingerprint density at radius 2 is 1.74 bits per heavy atom. The second-order valence-corrected chi connectivity index (χ2v) is 11.7. The minimum atomic E-state index is -0.240. The molecule has 236 valence electrons. The van der Waals surface area contributed by atoms with Gasteiger partial charge < -0.3 is 43.5 Å². The Balaban J connectivity index is 1.29. The lowest BCUT2D eigenvalue weighted by Gasteiger charge is -2.41. The Hall–Kier alpha value is -2.89. The Morgan fingerprint density at radius 1 is 1.00 bits per heavy atom. The summed E-state index contributed by atoms with van der Waals surface area (Å²) in [7, 11) is 3.40. The third kappa shape index (κ3) is 7.80. The van der Waals surface area contributed by atoms with Crippen molar-refractivity contribution in [3.63, 3.8) is 0 Å². The molecule has 0 saturated carbocycles. The van der Waals surface area contributed by atoms with E-state index < -0.39 is 0 Å². The maximum atomic E-state index is 13.3. The highest BCUT2D eigenvalue weighted by Crippen LogP contribution is 2.35. The van der Waals surface area contributed by atoms with E-state index in [1.54, 1.807) is 14.2 Å². The molecule has 2 saturated heterocycles. The molecule has 10 heteroatoms. The van der Waals surface area contributed by atoms with Gasteiger partial charge in [0.2, 0.25) is 5.91 Å². The number of amides is 1. The quantitative estimate of drug-likeness (QED) is 0.371. The molecule has 5 rings (SSSR count). The minimum absolute atomic E-state index is 0.00819. The van der Waals surface area contributed by atoms with Crippen LogP contribution in [0.4, 0.5) is 5.69 Å². The molecule has 3 heterocycles. The predicted octanol–water partition coefficient (Wildman–Crippen LogP) is 3.22. The predicted molar refractivity (Wildman–Crippen MR) is 164 cm³/mol. The number of methoxy groups -OCH3 is 2. The summed E-state index contributed by atoms with van der Waals surface area (Å²) in [5, 5.41) is 3.49. The van der Waals surface area contributed by atoms with E-state index in [1.165, 1.54) is 0 Å². The molecule has 3 aliphatic rings. The van der Waals surface area contributed by atoms with Gasteiger partial charge in [0.1, 0.15) is 24.7 Å². The van der Waals surface area contributed by atoms with Gasteiger partial charge in [0.25, 0.3) is 0 Å². The molecule has 1 amide bonds. The zero-order chi connectivity index (χ0) is 30.2. The highest BCUT2D eigenvalue weighted by molar-refractivity contribution is 5.78. The molecule has 2 aromatic rings. The Bertz CT molecular complexity index is 1170. The molecular formula is C33H47N3O7. The summed E-state index contributed by atoms with van der Waals surface area (Å²) in [6.45, 7) is 10.1. The van der Waals surface area contributed by atoms with Gasteiger partial charge in [-0.1, -0.05) is 18.2 Å². The van der Waals surface area contributed by atoms with Crippen molar-refractivity contribution in [2.45, 2.75) is 57.1 Å². The number of piperidine rings is 1. The molecule has 3 aliphatic heterocycles. The highest BCUT2D eigenvalue weighted by Gasteiger charge is 2.38. The van der Waals surface area contributed by atoms with Crippen LogP contribution in [-0.2, 0) is 30.3 Å². The van der Waals surface area contributed by atoms with Crippen molar-refractivity contribution in [3.05, 3.63) is 53.6 Å². The van der Waals surface area contributed by atoms with Crippen LogP contribution in [0, 0.1) is 0 Å². The van der Waals surface area contributed by atoms with Crippen LogP contribution in [0.3, 0.4) is 0 Å². The first-order chi connectivity index (χ1) is 21.0. The smallest absolute Gasteiger partial charge is 0.249 e. The van der Waals surface area contributed by atoms with Gasteiger partial charge in [-0.2, -0.15) is 0 Å². The Labute approximate surface area is 255 Å². The summed E-state index contributed by atoms with van der Waals surface area (Å²) in [4.78, 5) is 17.5. The maximum Gasteiger partial charge on any atom is 0.249 e. The van der Waals surface area contributed by atoms with Crippen molar-refractivity contribution in [2.75, 3.05) is 78.3 Å². The molecule has 5 atom stereocenters. The number of morpholine rings is 1. The van der Waals surface area contributed by atoms with Crippen LogP contribution < -0.4 is 19.7 Å². The Morgan fingerprint density at radius 3 is 2.47 bits per heavy atom. The van der Waals surface area contributed by atoms with Gasteiger partial charge in [-0.25, -0.2) is 0 Å². The zero-order valence-electron chi connectivity index (χ0n) is 26.0. The first-order valence-corrected chi connectivity index (χ1v) is 15.4. The van der Waals surface area contributed by atoms with E-state index in [9.17, 15) is 4.79 Å². The van der Waals surface area contributed by atoms with Crippen LogP contribution in [-0.4, -0.2) is 109 Å². The largest absolute Gasteiger partial charge is 0.497 e. The minimum Gasteiger partial charge on any atom is -0.497 e. The number of fused-ring (bicyclic) bond motifs is 1. The van der Waals surface area contributed by atoms with Gasteiger partial charge >= 0.3 is 0 Å². The normalized spacial score (nSPS) is 25.6. The van der Waals surface area contributed by atoms with E-state index in [1.807, 2.05) is 36.9 Å². The summed E-state index contributed by atoms with van der Waals surface area (Å²) in [6, 6.07) is 14.4. The Kier molecular flexibility index (Phi) is 11.2. The molecule has 2 aromatic carbocycles. The molecule has 0 unspecified atom stereocenters. The van der Waals surface area contributed by atoms with Gasteiger partial charge in [0.05, 0.1) is 63.5 Å². The molecule has 0 spiro atoms. The van der Waals surface area contributed by atoms with Crippen molar-refractivity contribution in [2.24, 2.45) is 0 Å². The fraction of sp³-hybridized carbons (Fsp3) is 0.606. The summed E-state index contributed by atoms with van der Waals surface area (Å²) >= 11 is 0. The molecule has 1 N–H and O–H groups in total. The number of hydrogen-bond donors (Lipinski definition) is 1. The van der Waals surface area contributed by atoms with Crippen molar-refractivity contribution < 1.29 is 33.2 Å². The summed E-state index contributed by atoms with van der Waals surface area (Å²) in [5.74, 6) is 1.63. The van der Waals surface area contributed by atoms with E-state index in [4.69, 9.17) is 28.4 Å². The molecule has 0 aromatic heterocycles. The SMILES string of the molecule is COCCCN1CCOc2ccc(CO[C@H]3CNC[C@@H](OCC(=O)N4[C@@H](C)COC[C@@H]4C)[C@@H]3c3ccc(OC)cc3)cc21. The van der Waals surface area contributed by atoms with Gasteiger partial charge in [-0.05, 0) is 55.7 Å². The van der Waals surface area contributed by atoms with Crippen molar-refractivity contribution in [3.8, 4) is 11.5 Å². The molecule has 0 radical (unpaired) electrons. The van der Waals surface area contributed by atoms with Crippen LogP contribution >= 0.6 is 0 Å². The molecule has 43 heavy (non-hydrogen) atoms. The van der Waals surface area contributed by atoms with Gasteiger partial charge in [0.15, 0.2) is 0 Å². The van der Waals surface area contributed by atoms with E-state index in [2.05, 4.69) is 34.5 Å². The van der Waals surface area contributed by atoms with E-state index in [-0.39, 0.29) is 42.7 Å². The number of benzene rings is 2. The van der Waals surface area contributed by atoms with E-state index in [0.29, 0.717) is 39.5 Å². The second kappa shape index (κ2) is 15.2. The molecule has 2 fully saturated rings. The van der Waals surface area contributed by atoms with Gasteiger partial charge in [-0.15, -0.1) is 0 Å². The third-order valence-corrected chi connectivity index (χ3v) is 8.59. The fourth-order valence-corrected chi connectivity index (χ4v) is 6.43. The lowest BCUT2D eigenvalue weighted by molar-refractivity contribution is -0.153. The number of carbonyl (C=O) groups excluding carboxylic acids is 1. The number of carbonyl (C=O) groups is 1. The third-order valence-electron chi connectivity index (χ3n) is 8.59. The van der Waals surface area contributed by atoms with Gasteiger partial charge in [0, 0.05) is 39.3 Å². The standard InChI is InChI=1S/C33H47N3O7/c1-23-19-40-20-24(2)36(23)32(37)22-43-31-18-34-17-30(33(31)26-7-9-27(39-4)10-8-26)42-21-25-6-11-29-28(16-25)35(13-15-41-29)12-5-14-38-3/h6-11,16,23-24,30-31,33-34H,5,12-15,17-22H2,1-4H3/t23-,24-,30-,31+,33+/m0/s1. The second-order valence-electron chi connectivity index (χ2n) is 11.7. The number of rotatable bonds is 12. The monoisotopic (exact) mass is 597 g/mol. The molecular weight excluding hydrogens is 550 g/mol. The molecule has 10 nitrogen and oxygen atoms in total. The maximum absolute atomic E-state index is 13.3. The zero-order valence-corrected chi connectivity index (χ0v) is 26.0. The number of ether oxygens (including phenoxy) is 6. The molecule has 0 bridgehead atoms. The highest BCUT2D eigenvalue weighted by atomic mass is 16.5. The number of nitrogens with zero attached hydrogens (tertiary/aromatic N) is 2. The average molecular weight is 598 g/mol. The van der Waals surface area contributed by atoms with Gasteiger partial charge in [-0.3, -0.25) is 4.79 Å². The average Bonchev–Trinajstić information content (AvgIpc) is 3.03.